The van der Waals surface area contributed by atoms with Crippen molar-refractivity contribution in [2.24, 2.45) is 0 Å². The van der Waals surface area contributed by atoms with E-state index in [9.17, 15) is 4.39 Å². The SMILES string of the molecule is CN(Cc1cccc(F)c1)c1nc2ccccn2c1CBr. The van der Waals surface area contributed by atoms with E-state index >= 15 is 0 Å². The predicted octanol–water partition coefficient (Wildman–Crippen LogP) is 4.00. The van der Waals surface area contributed by atoms with Gasteiger partial charge in [0.15, 0.2) is 5.82 Å². The van der Waals surface area contributed by atoms with Gasteiger partial charge in [-0.05, 0) is 29.8 Å². The van der Waals surface area contributed by atoms with E-state index in [-0.39, 0.29) is 5.82 Å². The fourth-order valence-electron chi connectivity index (χ4n) is 2.45. The molecule has 108 valence electrons. The van der Waals surface area contributed by atoms with Crippen molar-refractivity contribution in [2.75, 3.05) is 11.9 Å². The van der Waals surface area contributed by atoms with Crippen LogP contribution < -0.4 is 4.90 Å². The molecule has 2 aromatic heterocycles. The number of fused-ring (bicyclic) bond motifs is 1. The number of hydrogen-bond acceptors (Lipinski definition) is 2. The minimum Gasteiger partial charge on any atom is -0.354 e. The zero-order valence-electron chi connectivity index (χ0n) is 11.6. The number of pyridine rings is 1. The molecule has 0 amide bonds. The first-order valence-electron chi connectivity index (χ1n) is 6.66. The molecule has 2 heterocycles. The monoisotopic (exact) mass is 347 g/mol. The Balaban J connectivity index is 1.95. The average Bonchev–Trinajstić information content (AvgIpc) is 2.86. The van der Waals surface area contributed by atoms with Crippen molar-refractivity contribution in [1.29, 1.82) is 0 Å². The van der Waals surface area contributed by atoms with Gasteiger partial charge in [0.2, 0.25) is 0 Å². The minimum absolute atomic E-state index is 0.211. The highest BCUT2D eigenvalue weighted by Gasteiger charge is 2.14. The third-order valence-electron chi connectivity index (χ3n) is 3.40. The number of rotatable bonds is 4. The van der Waals surface area contributed by atoms with E-state index in [0.29, 0.717) is 11.9 Å². The molecule has 3 aromatic rings. The molecule has 21 heavy (non-hydrogen) atoms. The third-order valence-corrected chi connectivity index (χ3v) is 3.94. The molecule has 0 saturated carbocycles. The van der Waals surface area contributed by atoms with Crippen LogP contribution in [0, 0.1) is 5.82 Å². The van der Waals surface area contributed by atoms with Crippen LogP contribution in [0.5, 0.6) is 0 Å². The smallest absolute Gasteiger partial charge is 0.152 e. The van der Waals surface area contributed by atoms with Gasteiger partial charge in [-0.3, -0.25) is 0 Å². The lowest BCUT2D eigenvalue weighted by Gasteiger charge is -2.18. The molecule has 0 atom stereocenters. The summed E-state index contributed by atoms with van der Waals surface area (Å²) < 4.78 is 15.3. The van der Waals surface area contributed by atoms with Gasteiger partial charge in [-0.1, -0.05) is 34.1 Å². The van der Waals surface area contributed by atoms with Gasteiger partial charge in [-0.25, -0.2) is 9.37 Å². The van der Waals surface area contributed by atoms with Crippen molar-refractivity contribution in [1.82, 2.24) is 9.38 Å². The fourth-order valence-corrected chi connectivity index (χ4v) is 2.97. The summed E-state index contributed by atoms with van der Waals surface area (Å²) in [7, 11) is 1.97. The lowest BCUT2D eigenvalue weighted by molar-refractivity contribution is 0.625. The van der Waals surface area contributed by atoms with Gasteiger partial charge in [0.25, 0.3) is 0 Å². The second-order valence-electron chi connectivity index (χ2n) is 4.93. The molecular weight excluding hydrogens is 333 g/mol. The van der Waals surface area contributed by atoms with Crippen molar-refractivity contribution >= 4 is 27.4 Å². The van der Waals surface area contributed by atoms with Gasteiger partial charge >= 0.3 is 0 Å². The Kier molecular flexibility index (Phi) is 3.92. The summed E-state index contributed by atoms with van der Waals surface area (Å²) in [5, 5.41) is 0.709. The maximum atomic E-state index is 13.3. The second-order valence-corrected chi connectivity index (χ2v) is 5.49. The topological polar surface area (TPSA) is 20.5 Å². The lowest BCUT2D eigenvalue weighted by atomic mass is 10.2. The number of benzene rings is 1. The molecule has 1 aromatic carbocycles. The first kappa shape index (κ1) is 14.1. The lowest BCUT2D eigenvalue weighted by Crippen LogP contribution is -2.18. The molecular formula is C16H15BrFN3. The van der Waals surface area contributed by atoms with Crippen molar-refractivity contribution in [2.45, 2.75) is 11.9 Å². The van der Waals surface area contributed by atoms with E-state index in [1.807, 2.05) is 42.4 Å². The Morgan fingerprint density at radius 1 is 1.24 bits per heavy atom. The first-order chi connectivity index (χ1) is 10.2. The van der Waals surface area contributed by atoms with Crippen LogP contribution in [0.15, 0.2) is 48.7 Å². The quantitative estimate of drug-likeness (QED) is 0.665. The van der Waals surface area contributed by atoms with Crippen LogP contribution in [0.3, 0.4) is 0 Å². The molecule has 0 aliphatic carbocycles. The van der Waals surface area contributed by atoms with Crippen LogP contribution >= 0.6 is 15.9 Å². The fraction of sp³-hybridized carbons (Fsp3) is 0.188. The van der Waals surface area contributed by atoms with E-state index in [4.69, 9.17) is 0 Å². The van der Waals surface area contributed by atoms with E-state index in [2.05, 4.69) is 25.3 Å². The predicted molar refractivity (Wildman–Crippen MR) is 86.3 cm³/mol. The molecule has 0 spiro atoms. The molecule has 0 fully saturated rings. The van der Waals surface area contributed by atoms with Crippen LogP contribution in [-0.2, 0) is 11.9 Å². The minimum atomic E-state index is -0.211. The molecule has 0 aliphatic rings. The summed E-state index contributed by atoms with van der Waals surface area (Å²) >= 11 is 3.53. The van der Waals surface area contributed by atoms with E-state index in [0.717, 1.165) is 22.7 Å². The molecule has 3 rings (SSSR count). The Bertz CT molecular complexity index is 769. The number of aromatic nitrogens is 2. The van der Waals surface area contributed by atoms with Crippen molar-refractivity contribution in [3.63, 3.8) is 0 Å². The van der Waals surface area contributed by atoms with Crippen LogP contribution in [0.4, 0.5) is 10.2 Å². The average molecular weight is 348 g/mol. The van der Waals surface area contributed by atoms with Gasteiger partial charge < -0.3 is 9.30 Å². The number of imidazole rings is 1. The number of nitrogens with zero attached hydrogens (tertiary/aromatic N) is 3. The molecule has 0 saturated heterocycles. The molecule has 0 N–H and O–H groups in total. The van der Waals surface area contributed by atoms with Crippen LogP contribution in [0.1, 0.15) is 11.3 Å². The maximum absolute atomic E-state index is 13.3. The maximum Gasteiger partial charge on any atom is 0.152 e. The number of alkyl halides is 1. The van der Waals surface area contributed by atoms with Gasteiger partial charge in [-0.15, -0.1) is 0 Å². The van der Waals surface area contributed by atoms with Gasteiger partial charge in [0.05, 0.1) is 5.69 Å². The zero-order chi connectivity index (χ0) is 14.8. The first-order valence-corrected chi connectivity index (χ1v) is 7.78. The molecule has 3 nitrogen and oxygen atoms in total. The number of anilines is 1. The zero-order valence-corrected chi connectivity index (χ0v) is 13.2. The third kappa shape index (κ3) is 2.78. The number of halogens is 2. The van der Waals surface area contributed by atoms with Crippen molar-refractivity contribution < 1.29 is 4.39 Å². The van der Waals surface area contributed by atoms with Gasteiger partial charge in [0.1, 0.15) is 11.5 Å². The normalized spacial score (nSPS) is 11.0. The summed E-state index contributed by atoms with van der Waals surface area (Å²) in [6, 6.07) is 12.6. The summed E-state index contributed by atoms with van der Waals surface area (Å²) in [6.45, 7) is 0.613. The Hall–Kier alpha value is -1.88. The molecule has 0 radical (unpaired) electrons. The highest BCUT2D eigenvalue weighted by atomic mass is 79.9. The highest BCUT2D eigenvalue weighted by molar-refractivity contribution is 9.08. The number of hydrogen-bond donors (Lipinski definition) is 0. The summed E-state index contributed by atoms with van der Waals surface area (Å²) in [5.74, 6) is 0.693. The van der Waals surface area contributed by atoms with Crippen molar-refractivity contribution in [3.8, 4) is 0 Å². The van der Waals surface area contributed by atoms with Crippen LogP contribution in [-0.4, -0.2) is 16.4 Å². The van der Waals surface area contributed by atoms with E-state index in [1.165, 1.54) is 6.07 Å². The summed E-state index contributed by atoms with van der Waals surface area (Å²) in [6.07, 6.45) is 2.00. The molecule has 0 bridgehead atoms. The van der Waals surface area contributed by atoms with E-state index in [1.54, 1.807) is 12.1 Å². The van der Waals surface area contributed by atoms with Crippen LogP contribution in [0.25, 0.3) is 5.65 Å². The second kappa shape index (κ2) is 5.85. The molecule has 0 unspecified atom stereocenters. The highest BCUT2D eigenvalue weighted by Crippen LogP contribution is 2.24. The van der Waals surface area contributed by atoms with Gasteiger partial charge in [-0.2, -0.15) is 0 Å². The Morgan fingerprint density at radius 2 is 2.10 bits per heavy atom. The summed E-state index contributed by atoms with van der Waals surface area (Å²) in [4.78, 5) is 6.71. The van der Waals surface area contributed by atoms with E-state index < -0.39 is 0 Å². The Morgan fingerprint density at radius 3 is 2.86 bits per heavy atom. The van der Waals surface area contributed by atoms with Crippen molar-refractivity contribution in [3.05, 3.63) is 65.7 Å². The molecule has 5 heteroatoms. The summed E-state index contributed by atoms with van der Waals surface area (Å²) in [5.41, 5.74) is 2.92. The molecule has 0 aliphatic heterocycles. The van der Waals surface area contributed by atoms with Gasteiger partial charge in [0, 0.05) is 25.1 Å². The standard InChI is InChI=1S/C16H15BrFN3/c1-20(11-12-5-4-6-13(18)9-12)16-14(10-17)21-8-3-2-7-15(21)19-16/h2-9H,10-11H2,1H3. The largest absolute Gasteiger partial charge is 0.354 e. The Labute approximate surface area is 131 Å². The van der Waals surface area contributed by atoms with Crippen LogP contribution in [0.2, 0.25) is 0 Å².